The summed E-state index contributed by atoms with van der Waals surface area (Å²) in [5.41, 5.74) is 0. The second-order valence-electron chi connectivity index (χ2n) is 2.91. The maximum atomic E-state index is 12.5. The van der Waals surface area contributed by atoms with E-state index in [1.54, 1.807) is 19.2 Å². The minimum Gasteiger partial charge on any atom is -0.491 e. The van der Waals surface area contributed by atoms with Gasteiger partial charge in [0.05, 0.1) is 19.8 Å². The fourth-order valence-corrected chi connectivity index (χ4v) is 0.994. The molecule has 0 radical (unpaired) electrons. The van der Waals surface area contributed by atoms with Crippen LogP contribution < -0.4 is 4.74 Å². The van der Waals surface area contributed by atoms with Gasteiger partial charge in [0, 0.05) is 7.11 Å². The van der Waals surface area contributed by atoms with E-state index in [2.05, 4.69) is 0 Å². The first kappa shape index (κ1) is 11.9. The molecule has 0 bridgehead atoms. The van der Waals surface area contributed by atoms with Crippen molar-refractivity contribution in [1.82, 2.24) is 0 Å². The Labute approximate surface area is 88.8 Å². The van der Waals surface area contributed by atoms with Crippen LogP contribution in [0.15, 0.2) is 24.3 Å². The lowest BCUT2D eigenvalue weighted by molar-refractivity contribution is 0.0544. The van der Waals surface area contributed by atoms with Crippen molar-refractivity contribution in [2.45, 2.75) is 0 Å². The van der Waals surface area contributed by atoms with Crippen LogP contribution in [0.4, 0.5) is 4.39 Å². The highest BCUT2D eigenvalue weighted by molar-refractivity contribution is 5.21. The third-order valence-corrected chi connectivity index (χ3v) is 1.74. The number of methoxy groups -OCH3 is 1. The molecule has 84 valence electrons. The lowest BCUT2D eigenvalue weighted by Crippen LogP contribution is -2.09. The maximum absolute atomic E-state index is 12.5. The molecule has 0 aliphatic heterocycles. The van der Waals surface area contributed by atoms with Crippen molar-refractivity contribution in [1.29, 1.82) is 0 Å². The summed E-state index contributed by atoms with van der Waals surface area (Å²) in [6.07, 6.45) is 0. The molecule has 0 spiro atoms. The van der Waals surface area contributed by atoms with Crippen LogP contribution in [0, 0.1) is 5.82 Å². The van der Waals surface area contributed by atoms with Gasteiger partial charge in [-0.05, 0) is 24.3 Å². The molecule has 0 aliphatic rings. The second kappa shape index (κ2) is 7.20. The van der Waals surface area contributed by atoms with Crippen LogP contribution in [0.2, 0.25) is 0 Å². The van der Waals surface area contributed by atoms with Crippen LogP contribution in [0.25, 0.3) is 0 Å². The number of rotatable bonds is 7. The van der Waals surface area contributed by atoms with Gasteiger partial charge >= 0.3 is 0 Å². The van der Waals surface area contributed by atoms with E-state index in [1.807, 2.05) is 0 Å². The molecule has 1 aromatic carbocycles. The van der Waals surface area contributed by atoms with Gasteiger partial charge in [-0.25, -0.2) is 4.39 Å². The Morgan fingerprint density at radius 2 is 1.67 bits per heavy atom. The highest BCUT2D eigenvalue weighted by Crippen LogP contribution is 2.10. The summed E-state index contributed by atoms with van der Waals surface area (Å²) in [5.74, 6) is 0.380. The molecule has 0 aliphatic carbocycles. The zero-order valence-corrected chi connectivity index (χ0v) is 8.74. The zero-order valence-electron chi connectivity index (χ0n) is 8.74. The molecule has 0 N–H and O–H groups in total. The highest BCUT2D eigenvalue weighted by atomic mass is 19.1. The fourth-order valence-electron chi connectivity index (χ4n) is 0.994. The van der Waals surface area contributed by atoms with Gasteiger partial charge in [0.15, 0.2) is 0 Å². The predicted molar refractivity (Wildman–Crippen MR) is 54.6 cm³/mol. The number of hydrogen-bond donors (Lipinski definition) is 0. The summed E-state index contributed by atoms with van der Waals surface area (Å²) >= 11 is 0. The molecule has 0 saturated heterocycles. The first-order valence-corrected chi connectivity index (χ1v) is 4.78. The first-order chi connectivity index (χ1) is 7.33. The van der Waals surface area contributed by atoms with Gasteiger partial charge < -0.3 is 14.2 Å². The van der Waals surface area contributed by atoms with Crippen molar-refractivity contribution < 1.29 is 18.6 Å². The normalized spacial score (nSPS) is 10.3. The SMILES string of the molecule is COCCOCCOc1ccc(F)cc1. The van der Waals surface area contributed by atoms with E-state index in [4.69, 9.17) is 14.2 Å². The van der Waals surface area contributed by atoms with Crippen molar-refractivity contribution in [3.8, 4) is 5.75 Å². The Morgan fingerprint density at radius 3 is 2.33 bits per heavy atom. The Hall–Kier alpha value is -1.13. The molecule has 0 atom stereocenters. The molecule has 4 heteroatoms. The molecule has 0 fully saturated rings. The lowest BCUT2D eigenvalue weighted by Gasteiger charge is -2.06. The molecule has 1 rings (SSSR count). The molecule has 3 nitrogen and oxygen atoms in total. The van der Waals surface area contributed by atoms with Crippen molar-refractivity contribution in [3.05, 3.63) is 30.1 Å². The van der Waals surface area contributed by atoms with Crippen molar-refractivity contribution in [3.63, 3.8) is 0 Å². The molecule has 0 aromatic heterocycles. The van der Waals surface area contributed by atoms with Gasteiger partial charge in [-0.2, -0.15) is 0 Å². The van der Waals surface area contributed by atoms with E-state index in [-0.39, 0.29) is 5.82 Å². The number of hydrogen-bond acceptors (Lipinski definition) is 3. The van der Waals surface area contributed by atoms with E-state index in [1.165, 1.54) is 12.1 Å². The highest BCUT2D eigenvalue weighted by Gasteiger charge is 1.94. The average Bonchev–Trinajstić information content (AvgIpc) is 2.26. The predicted octanol–water partition coefficient (Wildman–Crippen LogP) is 1.87. The molecule has 0 amide bonds. The molecule has 0 saturated carbocycles. The van der Waals surface area contributed by atoms with Gasteiger partial charge in [-0.15, -0.1) is 0 Å². The summed E-state index contributed by atoms with van der Waals surface area (Å²) in [4.78, 5) is 0. The van der Waals surface area contributed by atoms with E-state index in [9.17, 15) is 4.39 Å². The Bertz CT molecular complexity index is 261. The van der Waals surface area contributed by atoms with Crippen LogP contribution in [0.1, 0.15) is 0 Å². The Kier molecular flexibility index (Phi) is 5.73. The largest absolute Gasteiger partial charge is 0.491 e. The summed E-state index contributed by atoms with van der Waals surface area (Å²) in [5, 5.41) is 0. The van der Waals surface area contributed by atoms with Gasteiger partial charge in [0.25, 0.3) is 0 Å². The summed E-state index contributed by atoms with van der Waals surface area (Å²) < 4.78 is 27.8. The van der Waals surface area contributed by atoms with Crippen LogP contribution >= 0.6 is 0 Å². The zero-order chi connectivity index (χ0) is 10.9. The van der Waals surface area contributed by atoms with Gasteiger partial charge in [-0.3, -0.25) is 0 Å². The molecule has 1 aromatic rings. The van der Waals surface area contributed by atoms with Gasteiger partial charge in [0.2, 0.25) is 0 Å². The second-order valence-corrected chi connectivity index (χ2v) is 2.91. The third-order valence-electron chi connectivity index (χ3n) is 1.74. The topological polar surface area (TPSA) is 27.7 Å². The first-order valence-electron chi connectivity index (χ1n) is 4.78. The molecular formula is C11H15FO3. The molecule has 0 heterocycles. The van der Waals surface area contributed by atoms with E-state index in [0.29, 0.717) is 32.2 Å². The standard InChI is InChI=1S/C11H15FO3/c1-13-6-7-14-8-9-15-11-4-2-10(12)3-5-11/h2-5H,6-9H2,1H3. The minimum absolute atomic E-state index is 0.265. The summed E-state index contributed by atoms with van der Waals surface area (Å²) in [7, 11) is 1.62. The minimum atomic E-state index is -0.265. The molecular weight excluding hydrogens is 199 g/mol. The van der Waals surface area contributed by atoms with Crippen molar-refractivity contribution >= 4 is 0 Å². The quantitative estimate of drug-likeness (QED) is 0.648. The molecule has 0 unspecified atom stereocenters. The van der Waals surface area contributed by atoms with Gasteiger partial charge in [0.1, 0.15) is 18.2 Å². The maximum Gasteiger partial charge on any atom is 0.123 e. The Balaban J connectivity index is 2.07. The number of benzene rings is 1. The lowest BCUT2D eigenvalue weighted by atomic mass is 10.3. The Morgan fingerprint density at radius 1 is 1.00 bits per heavy atom. The summed E-state index contributed by atoms with van der Waals surface area (Å²) in [6, 6.07) is 5.90. The van der Waals surface area contributed by atoms with E-state index in [0.717, 1.165) is 0 Å². The van der Waals surface area contributed by atoms with Crippen LogP contribution in [0.3, 0.4) is 0 Å². The van der Waals surface area contributed by atoms with Crippen molar-refractivity contribution in [2.24, 2.45) is 0 Å². The molecule has 15 heavy (non-hydrogen) atoms. The van der Waals surface area contributed by atoms with E-state index < -0.39 is 0 Å². The van der Waals surface area contributed by atoms with Gasteiger partial charge in [-0.1, -0.05) is 0 Å². The van der Waals surface area contributed by atoms with Crippen molar-refractivity contribution in [2.75, 3.05) is 33.5 Å². The van der Waals surface area contributed by atoms with Crippen LogP contribution in [-0.2, 0) is 9.47 Å². The fraction of sp³-hybridized carbons (Fsp3) is 0.455. The number of ether oxygens (including phenoxy) is 3. The summed E-state index contributed by atoms with van der Waals surface area (Å²) in [6.45, 7) is 2.09. The van der Waals surface area contributed by atoms with E-state index >= 15 is 0 Å². The van der Waals surface area contributed by atoms with Crippen LogP contribution in [-0.4, -0.2) is 33.5 Å². The van der Waals surface area contributed by atoms with Crippen LogP contribution in [0.5, 0.6) is 5.75 Å². The smallest absolute Gasteiger partial charge is 0.123 e. The monoisotopic (exact) mass is 214 g/mol. The average molecular weight is 214 g/mol. The number of halogens is 1. The third kappa shape index (κ3) is 5.34.